The molecule has 4 saturated carbocycles. The molecule has 10 rings (SSSR count). The van der Waals surface area contributed by atoms with Crippen molar-refractivity contribution in [3.8, 4) is 0 Å². The van der Waals surface area contributed by atoms with E-state index in [4.69, 9.17) is 9.47 Å². The smallest absolute Gasteiger partial charge is 0.338 e. The summed E-state index contributed by atoms with van der Waals surface area (Å²) < 4.78 is 13.0. The van der Waals surface area contributed by atoms with Crippen LogP contribution in [-0.2, 0) is 41.0 Å². The van der Waals surface area contributed by atoms with Crippen LogP contribution in [0, 0.1) is 23.2 Å². The van der Waals surface area contributed by atoms with Crippen molar-refractivity contribution in [2.45, 2.75) is 64.2 Å². The lowest BCUT2D eigenvalue weighted by Crippen LogP contribution is -2.51. The molecule has 4 aliphatic rings. The zero-order chi connectivity index (χ0) is 44.2. The predicted octanol–water partition coefficient (Wildman–Crippen LogP) is 8.21. The fourth-order valence-corrected chi connectivity index (χ4v) is 10.5. The Labute approximate surface area is 371 Å². The first kappa shape index (κ1) is 42.2. The largest absolute Gasteiger partial charge is 0.457 e. The third-order valence-corrected chi connectivity index (χ3v) is 13.1. The molecule has 0 aliphatic heterocycles. The number of ether oxygens (including phenoxy) is 2. The summed E-state index contributed by atoms with van der Waals surface area (Å²) in [5.74, 6) is -0.878. The Bertz CT molecular complexity index is 2590. The maximum Gasteiger partial charge on any atom is 0.338 e. The lowest BCUT2D eigenvalue weighted by Gasteiger charge is -2.56. The molecule has 5 aromatic carbocycles. The summed E-state index contributed by atoms with van der Waals surface area (Å²) in [7, 11) is 1.83. The van der Waals surface area contributed by atoms with E-state index in [2.05, 4.69) is 20.9 Å². The fraction of sp³-hybridized carbons (Fsp3) is 0.308. The molecule has 6 aromatic rings. The minimum absolute atomic E-state index is 0.0110. The van der Waals surface area contributed by atoms with E-state index >= 15 is 0 Å². The van der Waals surface area contributed by atoms with Gasteiger partial charge in [0, 0.05) is 25.7 Å². The molecule has 4 fully saturated rings. The maximum atomic E-state index is 14.5. The number of imidazole rings is 1. The summed E-state index contributed by atoms with van der Waals surface area (Å²) in [6.45, 7) is 0.531. The molecule has 1 aromatic heterocycles. The summed E-state index contributed by atoms with van der Waals surface area (Å²) in [4.78, 5) is 74.7. The molecule has 0 unspecified atom stereocenters. The topological polar surface area (TPSA) is 158 Å². The van der Waals surface area contributed by atoms with E-state index in [1.54, 1.807) is 23.0 Å². The molecule has 4 bridgehead atoms. The number of rotatable bonds is 15. The Balaban J connectivity index is 0.980. The van der Waals surface area contributed by atoms with E-state index in [1.165, 1.54) is 37.5 Å². The van der Waals surface area contributed by atoms with Crippen molar-refractivity contribution >= 4 is 46.4 Å². The predicted molar refractivity (Wildman–Crippen MR) is 241 cm³/mol. The van der Waals surface area contributed by atoms with Gasteiger partial charge in [-0.3, -0.25) is 14.4 Å². The molecule has 3 N–H and O–H groups in total. The Morgan fingerprint density at radius 1 is 0.672 bits per heavy atom. The van der Waals surface area contributed by atoms with Gasteiger partial charge >= 0.3 is 11.9 Å². The summed E-state index contributed by atoms with van der Waals surface area (Å²) in [5.41, 5.74) is 4.01. The van der Waals surface area contributed by atoms with Crippen LogP contribution >= 0.6 is 0 Å². The van der Waals surface area contributed by atoms with Crippen molar-refractivity contribution in [2.24, 2.45) is 30.2 Å². The second-order valence-electron chi connectivity index (χ2n) is 18.0. The highest BCUT2D eigenvalue weighted by Crippen LogP contribution is 2.59. The second-order valence-corrected chi connectivity index (χ2v) is 18.0. The fourth-order valence-electron chi connectivity index (χ4n) is 10.5. The van der Waals surface area contributed by atoms with Gasteiger partial charge in [-0.2, -0.15) is 0 Å². The number of amides is 3. The molecule has 1 heterocycles. The van der Waals surface area contributed by atoms with Crippen LogP contribution in [-0.4, -0.2) is 51.8 Å². The Morgan fingerprint density at radius 2 is 1.19 bits per heavy atom. The van der Waals surface area contributed by atoms with Crippen LogP contribution in [0.25, 0.3) is 11.0 Å². The number of nitrogens with one attached hydrogen (secondary N) is 3. The first-order chi connectivity index (χ1) is 31.1. The third-order valence-electron chi connectivity index (χ3n) is 13.1. The number of hydrogen-bond donors (Lipinski definition) is 3. The first-order valence-electron chi connectivity index (χ1n) is 22.0. The van der Waals surface area contributed by atoms with Gasteiger partial charge in [-0.1, -0.05) is 91.0 Å². The van der Waals surface area contributed by atoms with Gasteiger partial charge in [0.1, 0.15) is 19.3 Å². The van der Waals surface area contributed by atoms with Crippen LogP contribution < -0.4 is 16.0 Å². The number of esters is 2. The van der Waals surface area contributed by atoms with Gasteiger partial charge in [0.15, 0.2) is 0 Å². The van der Waals surface area contributed by atoms with E-state index in [9.17, 15) is 24.0 Å². The van der Waals surface area contributed by atoms with E-state index in [-0.39, 0.29) is 58.9 Å². The molecule has 12 heteroatoms. The van der Waals surface area contributed by atoms with Crippen LogP contribution in [0.4, 0.5) is 5.69 Å². The van der Waals surface area contributed by atoms with Crippen LogP contribution in [0.5, 0.6) is 0 Å². The van der Waals surface area contributed by atoms with Crippen molar-refractivity contribution in [3.05, 3.63) is 167 Å². The number of aromatic nitrogens is 2. The van der Waals surface area contributed by atoms with Crippen molar-refractivity contribution in [2.75, 3.05) is 11.9 Å². The van der Waals surface area contributed by atoms with Crippen LogP contribution in [0.15, 0.2) is 128 Å². The van der Waals surface area contributed by atoms with Gasteiger partial charge in [0.25, 0.3) is 11.8 Å². The summed E-state index contributed by atoms with van der Waals surface area (Å²) >= 11 is 0. The summed E-state index contributed by atoms with van der Waals surface area (Å²) in [5, 5.41) is 9.01. The van der Waals surface area contributed by atoms with Crippen molar-refractivity contribution in [1.29, 1.82) is 0 Å². The normalized spacial score (nSPS) is 20.0. The molecular formula is C52H51N5O7. The van der Waals surface area contributed by atoms with E-state index in [0.717, 1.165) is 53.7 Å². The average Bonchev–Trinajstić information content (AvgIpc) is 3.67. The quantitative estimate of drug-likeness (QED) is 0.0873. The molecule has 12 nitrogen and oxygen atoms in total. The molecule has 1 atom stereocenters. The number of carbonyl (C=O) groups is 5. The lowest BCUT2D eigenvalue weighted by atomic mass is 9.49. The number of carbonyl (C=O) groups excluding carboxylic acids is 5. The van der Waals surface area contributed by atoms with Crippen molar-refractivity contribution < 1.29 is 33.4 Å². The second kappa shape index (κ2) is 18.3. The van der Waals surface area contributed by atoms with E-state index < -0.39 is 29.8 Å². The van der Waals surface area contributed by atoms with Crippen LogP contribution in [0.2, 0.25) is 0 Å². The molecule has 4 aliphatic carbocycles. The molecular weight excluding hydrogens is 807 g/mol. The lowest BCUT2D eigenvalue weighted by molar-refractivity contribution is -0.118. The zero-order valence-electron chi connectivity index (χ0n) is 35.8. The Morgan fingerprint density at radius 3 is 1.73 bits per heavy atom. The highest BCUT2D eigenvalue weighted by atomic mass is 16.5. The highest BCUT2D eigenvalue weighted by Gasteiger charge is 2.50. The average molecular weight is 858 g/mol. The van der Waals surface area contributed by atoms with Gasteiger partial charge in [0.2, 0.25) is 5.91 Å². The number of anilines is 1. The number of nitrogens with zero attached hydrogens (tertiary/aromatic N) is 2. The minimum Gasteiger partial charge on any atom is -0.457 e. The minimum atomic E-state index is -1.17. The monoisotopic (exact) mass is 857 g/mol. The van der Waals surface area contributed by atoms with E-state index in [0.29, 0.717) is 17.6 Å². The number of hydrogen-bond acceptors (Lipinski definition) is 8. The number of benzene rings is 5. The molecule has 3 amide bonds. The summed E-state index contributed by atoms with van der Waals surface area (Å²) in [6.07, 6.45) is 8.97. The standard InChI is InChI=1S/C52H51N5O7/c1-57-32-54-44-24-42(43(25-46(44)57)47(58)53-31-52-26-36-17-37(27-52)19-38(18-36)28-52)48(59)56-45(20-33-11-5-2-6-12-33)49(60)55-41-22-39(50(61)63-29-34-13-7-3-8-14-34)21-40(23-41)51(62)64-30-35-15-9-4-10-16-35/h2-16,21-25,32,36-38,45H,17-20,26-31H2,1H3,(H,53,58)(H,55,60)(H,56,59)/t36?,37?,38?,45-,52?/m0/s1. The zero-order valence-corrected chi connectivity index (χ0v) is 35.8. The summed E-state index contributed by atoms with van der Waals surface area (Å²) in [6, 6.07) is 33.9. The third kappa shape index (κ3) is 9.61. The molecule has 64 heavy (non-hydrogen) atoms. The number of aryl methyl sites for hydroxylation is 1. The van der Waals surface area contributed by atoms with E-state index in [1.807, 2.05) is 98.0 Å². The molecule has 326 valence electrons. The van der Waals surface area contributed by atoms with Crippen LogP contribution in [0.3, 0.4) is 0 Å². The highest BCUT2D eigenvalue weighted by molar-refractivity contribution is 6.11. The Kier molecular flexibility index (Phi) is 12.1. The van der Waals surface area contributed by atoms with Crippen molar-refractivity contribution in [1.82, 2.24) is 20.2 Å². The SMILES string of the molecule is Cn1cnc2cc(C(=O)N[C@@H](Cc3ccccc3)C(=O)Nc3cc(C(=O)OCc4ccccc4)cc(C(=O)OCc4ccccc4)c3)c(C(=O)NCC34CC5CC(CC(C5)C3)C4)cc21. The van der Waals surface area contributed by atoms with Crippen molar-refractivity contribution in [3.63, 3.8) is 0 Å². The molecule has 0 spiro atoms. The first-order valence-corrected chi connectivity index (χ1v) is 22.0. The van der Waals surface area contributed by atoms with Gasteiger partial charge in [-0.05, 0) is 109 Å². The molecule has 0 saturated heterocycles. The molecule has 0 radical (unpaired) electrons. The Hall–Kier alpha value is -7.08. The van der Waals surface area contributed by atoms with Gasteiger partial charge in [-0.25, -0.2) is 14.6 Å². The van der Waals surface area contributed by atoms with Gasteiger partial charge < -0.3 is 30.0 Å². The van der Waals surface area contributed by atoms with Crippen LogP contribution in [0.1, 0.15) is 96.6 Å². The number of fused-ring (bicyclic) bond motifs is 1. The van der Waals surface area contributed by atoms with Gasteiger partial charge in [-0.15, -0.1) is 0 Å². The maximum absolute atomic E-state index is 14.5. The van der Waals surface area contributed by atoms with Gasteiger partial charge in [0.05, 0.1) is 39.6 Å².